The van der Waals surface area contributed by atoms with Crippen LogP contribution in [0.2, 0.25) is 0 Å². The fourth-order valence-electron chi connectivity index (χ4n) is 3.05. The van der Waals surface area contributed by atoms with Crippen LogP contribution in [-0.2, 0) is 17.8 Å². The van der Waals surface area contributed by atoms with Crippen LogP contribution in [0.25, 0.3) is 0 Å². The van der Waals surface area contributed by atoms with Crippen LogP contribution in [0.1, 0.15) is 34.2 Å². The largest absolute Gasteiger partial charge is 0.385 e. The third kappa shape index (κ3) is 4.35. The van der Waals surface area contributed by atoms with Crippen molar-refractivity contribution >= 4 is 5.69 Å². The fourth-order valence-corrected chi connectivity index (χ4v) is 3.05. The number of ether oxygens (including phenoxy) is 1. The minimum atomic E-state index is 0.694. The summed E-state index contributed by atoms with van der Waals surface area (Å²) in [5, 5.41) is 3.60. The average Bonchev–Trinajstić information content (AvgIpc) is 2.47. The van der Waals surface area contributed by atoms with E-state index in [1.807, 2.05) is 0 Å². The van der Waals surface area contributed by atoms with E-state index in [1.54, 1.807) is 7.11 Å². The van der Waals surface area contributed by atoms with Gasteiger partial charge < -0.3 is 10.1 Å². The zero-order chi connectivity index (χ0) is 15.9. The zero-order valence-electron chi connectivity index (χ0n) is 14.2. The standard InChI is InChI=1S/C20H27NO/c1-15-12-16(2)20(17(3)13-15)21-11-7-10-18-8-5-6-9-19(18)14-22-4/h5-6,8-9,12-13,21H,7,10-11,14H2,1-4H3. The summed E-state index contributed by atoms with van der Waals surface area (Å²) in [5.41, 5.74) is 7.97. The highest BCUT2D eigenvalue weighted by Crippen LogP contribution is 2.22. The van der Waals surface area contributed by atoms with Crippen LogP contribution >= 0.6 is 0 Å². The first-order chi connectivity index (χ1) is 10.6. The number of aryl methyl sites for hydroxylation is 4. The highest BCUT2D eigenvalue weighted by Gasteiger charge is 2.04. The molecule has 0 aliphatic heterocycles. The summed E-state index contributed by atoms with van der Waals surface area (Å²) in [6.07, 6.45) is 2.20. The van der Waals surface area contributed by atoms with Crippen molar-refractivity contribution in [3.63, 3.8) is 0 Å². The van der Waals surface area contributed by atoms with E-state index in [1.165, 1.54) is 33.5 Å². The summed E-state index contributed by atoms with van der Waals surface area (Å²) in [4.78, 5) is 0. The van der Waals surface area contributed by atoms with E-state index in [4.69, 9.17) is 4.74 Å². The van der Waals surface area contributed by atoms with Crippen LogP contribution in [-0.4, -0.2) is 13.7 Å². The Morgan fingerprint density at radius 3 is 2.23 bits per heavy atom. The first-order valence-corrected chi connectivity index (χ1v) is 7.99. The maximum Gasteiger partial charge on any atom is 0.0715 e. The van der Waals surface area contributed by atoms with E-state index in [-0.39, 0.29) is 0 Å². The molecule has 0 aliphatic rings. The SMILES string of the molecule is COCc1ccccc1CCCNc1c(C)cc(C)cc1C. The lowest BCUT2D eigenvalue weighted by molar-refractivity contribution is 0.184. The van der Waals surface area contributed by atoms with Crippen molar-refractivity contribution in [1.29, 1.82) is 0 Å². The maximum atomic E-state index is 5.27. The summed E-state index contributed by atoms with van der Waals surface area (Å²) in [5.74, 6) is 0. The third-order valence-electron chi connectivity index (χ3n) is 4.02. The molecule has 0 aromatic heterocycles. The molecule has 0 saturated heterocycles. The Morgan fingerprint density at radius 1 is 0.955 bits per heavy atom. The Labute approximate surface area is 134 Å². The molecule has 0 aliphatic carbocycles. The van der Waals surface area contributed by atoms with Gasteiger partial charge in [-0.05, 0) is 55.9 Å². The van der Waals surface area contributed by atoms with Crippen LogP contribution in [0.15, 0.2) is 36.4 Å². The molecule has 0 fully saturated rings. The number of rotatable bonds is 7. The summed E-state index contributed by atoms with van der Waals surface area (Å²) >= 11 is 0. The van der Waals surface area contributed by atoms with E-state index in [2.05, 4.69) is 62.5 Å². The van der Waals surface area contributed by atoms with Crippen molar-refractivity contribution in [2.75, 3.05) is 19.0 Å². The average molecular weight is 297 g/mol. The van der Waals surface area contributed by atoms with Gasteiger partial charge in [-0.1, -0.05) is 42.0 Å². The molecular formula is C20H27NO. The molecule has 0 unspecified atom stereocenters. The van der Waals surface area contributed by atoms with Crippen molar-refractivity contribution in [1.82, 2.24) is 0 Å². The summed E-state index contributed by atoms with van der Waals surface area (Å²) in [6, 6.07) is 13.0. The highest BCUT2D eigenvalue weighted by molar-refractivity contribution is 5.58. The zero-order valence-corrected chi connectivity index (χ0v) is 14.2. The molecule has 0 bridgehead atoms. The molecule has 0 spiro atoms. The van der Waals surface area contributed by atoms with Crippen LogP contribution in [0, 0.1) is 20.8 Å². The Bertz CT molecular complexity index is 596. The lowest BCUT2D eigenvalue weighted by Gasteiger charge is -2.14. The van der Waals surface area contributed by atoms with Crippen molar-refractivity contribution in [3.05, 3.63) is 64.2 Å². The van der Waals surface area contributed by atoms with Gasteiger partial charge in [0.25, 0.3) is 0 Å². The van der Waals surface area contributed by atoms with Crippen molar-refractivity contribution in [3.8, 4) is 0 Å². The molecule has 2 aromatic carbocycles. The van der Waals surface area contributed by atoms with Gasteiger partial charge in [0.05, 0.1) is 6.61 Å². The summed E-state index contributed by atoms with van der Waals surface area (Å²) in [7, 11) is 1.75. The third-order valence-corrected chi connectivity index (χ3v) is 4.02. The van der Waals surface area contributed by atoms with Gasteiger partial charge in [0.15, 0.2) is 0 Å². The number of benzene rings is 2. The van der Waals surface area contributed by atoms with Gasteiger partial charge in [-0.2, -0.15) is 0 Å². The quantitative estimate of drug-likeness (QED) is 0.741. The second kappa shape index (κ2) is 8.00. The highest BCUT2D eigenvalue weighted by atomic mass is 16.5. The topological polar surface area (TPSA) is 21.3 Å². The summed E-state index contributed by atoms with van der Waals surface area (Å²) in [6.45, 7) is 8.19. The van der Waals surface area contributed by atoms with Gasteiger partial charge in [0, 0.05) is 19.3 Å². The van der Waals surface area contributed by atoms with Crippen molar-refractivity contribution in [2.24, 2.45) is 0 Å². The molecule has 0 amide bonds. The van der Waals surface area contributed by atoms with Crippen LogP contribution in [0.4, 0.5) is 5.69 Å². The number of hydrogen-bond acceptors (Lipinski definition) is 2. The van der Waals surface area contributed by atoms with Crippen LogP contribution in [0.3, 0.4) is 0 Å². The van der Waals surface area contributed by atoms with Gasteiger partial charge in [-0.25, -0.2) is 0 Å². The van der Waals surface area contributed by atoms with Gasteiger partial charge in [0.2, 0.25) is 0 Å². The van der Waals surface area contributed by atoms with Crippen LogP contribution < -0.4 is 5.32 Å². The predicted octanol–water partition coefficient (Wildman–Crippen LogP) is 4.80. The molecule has 1 N–H and O–H groups in total. The second-order valence-electron chi connectivity index (χ2n) is 6.01. The van der Waals surface area contributed by atoms with E-state index >= 15 is 0 Å². The molecular weight excluding hydrogens is 270 g/mol. The minimum Gasteiger partial charge on any atom is -0.385 e. The van der Waals surface area contributed by atoms with Crippen molar-refractivity contribution in [2.45, 2.75) is 40.2 Å². The minimum absolute atomic E-state index is 0.694. The maximum absolute atomic E-state index is 5.27. The first kappa shape index (κ1) is 16.6. The number of anilines is 1. The Kier molecular flexibility index (Phi) is 6.02. The van der Waals surface area contributed by atoms with Crippen LogP contribution in [0.5, 0.6) is 0 Å². The van der Waals surface area contributed by atoms with E-state index in [9.17, 15) is 0 Å². The molecule has 0 saturated carbocycles. The Hall–Kier alpha value is -1.80. The Balaban J connectivity index is 1.90. The first-order valence-electron chi connectivity index (χ1n) is 7.99. The van der Waals surface area contributed by atoms with E-state index < -0.39 is 0 Å². The predicted molar refractivity (Wildman–Crippen MR) is 94.6 cm³/mol. The number of methoxy groups -OCH3 is 1. The number of nitrogens with one attached hydrogen (secondary N) is 1. The molecule has 2 nitrogen and oxygen atoms in total. The molecule has 0 radical (unpaired) electrons. The van der Waals surface area contributed by atoms with Crippen molar-refractivity contribution < 1.29 is 4.74 Å². The Morgan fingerprint density at radius 2 is 1.59 bits per heavy atom. The fraction of sp³-hybridized carbons (Fsp3) is 0.400. The molecule has 2 rings (SSSR count). The molecule has 2 heteroatoms. The van der Waals surface area contributed by atoms with Gasteiger partial charge in [-0.3, -0.25) is 0 Å². The monoisotopic (exact) mass is 297 g/mol. The van der Waals surface area contributed by atoms with Gasteiger partial charge >= 0.3 is 0 Å². The van der Waals surface area contributed by atoms with E-state index in [0.29, 0.717) is 6.61 Å². The molecule has 0 heterocycles. The van der Waals surface area contributed by atoms with Gasteiger partial charge in [-0.15, -0.1) is 0 Å². The molecule has 0 atom stereocenters. The normalized spacial score (nSPS) is 10.7. The van der Waals surface area contributed by atoms with Gasteiger partial charge in [0.1, 0.15) is 0 Å². The molecule has 118 valence electrons. The smallest absolute Gasteiger partial charge is 0.0715 e. The summed E-state index contributed by atoms with van der Waals surface area (Å²) < 4.78 is 5.27. The second-order valence-corrected chi connectivity index (χ2v) is 6.01. The lowest BCUT2D eigenvalue weighted by atomic mass is 10.0. The molecule has 22 heavy (non-hydrogen) atoms. The molecule has 2 aromatic rings. The number of hydrogen-bond donors (Lipinski definition) is 1. The lowest BCUT2D eigenvalue weighted by Crippen LogP contribution is -2.07. The van der Waals surface area contributed by atoms with E-state index in [0.717, 1.165) is 19.4 Å².